The molecule has 10 heteroatoms. The second kappa shape index (κ2) is 9.34. The summed E-state index contributed by atoms with van der Waals surface area (Å²) in [6.07, 6.45) is 1.53. The van der Waals surface area contributed by atoms with Crippen LogP contribution in [0.1, 0.15) is 20.7 Å². The Bertz CT molecular complexity index is 1600. The van der Waals surface area contributed by atoms with E-state index < -0.39 is 29.3 Å². The lowest BCUT2D eigenvalue weighted by Gasteiger charge is -2.07. The van der Waals surface area contributed by atoms with Gasteiger partial charge in [0.05, 0.1) is 22.8 Å². The van der Waals surface area contributed by atoms with Crippen molar-refractivity contribution < 1.29 is 22.8 Å². The Balaban J connectivity index is 1.30. The molecule has 5 rings (SSSR count). The second-order valence-corrected chi connectivity index (χ2v) is 7.79. The molecule has 0 aliphatic carbocycles. The summed E-state index contributed by atoms with van der Waals surface area (Å²) >= 11 is 0. The van der Waals surface area contributed by atoms with Gasteiger partial charge in [-0.2, -0.15) is 0 Å². The summed E-state index contributed by atoms with van der Waals surface area (Å²) in [6, 6.07) is 16.1. The van der Waals surface area contributed by atoms with Gasteiger partial charge in [-0.1, -0.05) is 0 Å². The normalized spacial score (nSPS) is 10.9. The highest BCUT2D eigenvalue weighted by molar-refractivity contribution is 6.05. The molecule has 0 aliphatic rings. The van der Waals surface area contributed by atoms with E-state index in [1.807, 2.05) is 0 Å². The molecule has 0 atom stereocenters. The highest BCUT2D eigenvalue weighted by atomic mass is 19.1. The first kappa shape index (κ1) is 22.8. The molecule has 178 valence electrons. The first-order valence-electron chi connectivity index (χ1n) is 10.7. The van der Waals surface area contributed by atoms with Crippen molar-refractivity contribution in [1.29, 1.82) is 0 Å². The van der Waals surface area contributed by atoms with Crippen LogP contribution in [0.5, 0.6) is 0 Å². The Morgan fingerprint density at radius 1 is 0.778 bits per heavy atom. The summed E-state index contributed by atoms with van der Waals surface area (Å²) in [5.41, 5.74) is 2.32. The number of halogens is 3. The number of carbonyl (C=O) groups excluding carboxylic acids is 2. The zero-order valence-corrected chi connectivity index (χ0v) is 18.4. The molecule has 0 fully saturated rings. The van der Waals surface area contributed by atoms with Crippen molar-refractivity contribution in [3.8, 4) is 11.4 Å². The van der Waals surface area contributed by atoms with Gasteiger partial charge < -0.3 is 15.6 Å². The van der Waals surface area contributed by atoms with Gasteiger partial charge in [-0.3, -0.25) is 9.59 Å². The molecule has 2 heterocycles. The maximum absolute atomic E-state index is 13.8. The van der Waals surface area contributed by atoms with Gasteiger partial charge in [0.2, 0.25) is 0 Å². The number of imidazole rings is 1. The van der Waals surface area contributed by atoms with Crippen LogP contribution in [0.3, 0.4) is 0 Å². The van der Waals surface area contributed by atoms with Crippen LogP contribution in [0.2, 0.25) is 0 Å². The van der Waals surface area contributed by atoms with Crippen LogP contribution in [0, 0.1) is 17.5 Å². The van der Waals surface area contributed by atoms with Crippen molar-refractivity contribution >= 4 is 34.4 Å². The van der Waals surface area contributed by atoms with Gasteiger partial charge in [0.25, 0.3) is 11.8 Å². The number of pyridine rings is 1. The molecule has 0 unspecified atom stereocenters. The molecule has 36 heavy (non-hydrogen) atoms. The number of hydrogen-bond acceptors (Lipinski definition) is 4. The molecule has 5 aromatic rings. The van der Waals surface area contributed by atoms with Crippen LogP contribution in [0.25, 0.3) is 22.4 Å². The fraction of sp³-hybridized carbons (Fsp3) is 0. The summed E-state index contributed by atoms with van der Waals surface area (Å²) in [5.74, 6) is -2.49. The van der Waals surface area contributed by atoms with E-state index in [4.69, 9.17) is 0 Å². The largest absolute Gasteiger partial charge is 0.337 e. The second-order valence-electron chi connectivity index (χ2n) is 7.79. The number of benzene rings is 3. The number of aromatic amines is 1. The number of fused-ring (bicyclic) bond motifs is 1. The van der Waals surface area contributed by atoms with Gasteiger partial charge >= 0.3 is 0 Å². The third-order valence-corrected chi connectivity index (χ3v) is 5.31. The molecule has 2 amide bonds. The first-order chi connectivity index (χ1) is 17.4. The van der Waals surface area contributed by atoms with Crippen LogP contribution in [-0.4, -0.2) is 26.8 Å². The van der Waals surface area contributed by atoms with E-state index in [0.29, 0.717) is 34.2 Å². The molecular formula is C26H16F3N5O2. The Labute approximate surface area is 202 Å². The lowest BCUT2D eigenvalue weighted by atomic mass is 10.1. The van der Waals surface area contributed by atoms with E-state index in [2.05, 4.69) is 25.6 Å². The number of nitrogens with zero attached hydrogens (tertiary/aromatic N) is 2. The van der Waals surface area contributed by atoms with Crippen LogP contribution < -0.4 is 10.6 Å². The monoisotopic (exact) mass is 487 g/mol. The number of H-pyrrole nitrogens is 1. The van der Waals surface area contributed by atoms with Gasteiger partial charge in [0.15, 0.2) is 0 Å². The van der Waals surface area contributed by atoms with Crippen molar-refractivity contribution in [2.24, 2.45) is 0 Å². The molecule has 0 saturated heterocycles. The quantitative estimate of drug-likeness (QED) is 0.303. The Morgan fingerprint density at radius 3 is 2.22 bits per heavy atom. The predicted octanol–water partition coefficient (Wildman–Crippen LogP) is 5.55. The van der Waals surface area contributed by atoms with Crippen LogP contribution in [0.15, 0.2) is 79.0 Å². The first-order valence-corrected chi connectivity index (χ1v) is 10.7. The van der Waals surface area contributed by atoms with Gasteiger partial charge in [-0.15, -0.1) is 0 Å². The van der Waals surface area contributed by atoms with Crippen molar-refractivity contribution in [2.75, 3.05) is 10.6 Å². The maximum Gasteiger partial charge on any atom is 0.258 e. The molecule has 0 spiro atoms. The van der Waals surface area contributed by atoms with E-state index in [0.717, 1.165) is 12.1 Å². The number of anilines is 2. The summed E-state index contributed by atoms with van der Waals surface area (Å²) in [5, 5.41) is 5.21. The van der Waals surface area contributed by atoms with Gasteiger partial charge in [0.1, 0.15) is 29.1 Å². The smallest absolute Gasteiger partial charge is 0.258 e. The Kier molecular flexibility index (Phi) is 5.91. The summed E-state index contributed by atoms with van der Waals surface area (Å²) < 4.78 is 40.0. The van der Waals surface area contributed by atoms with Crippen molar-refractivity contribution in [3.05, 3.63) is 108 Å². The standard InChI is InChI=1S/C26H16F3N5O2/c27-16-5-1-15(2-6-16)25(35)34-23-12-21-22(13-30-23)33-24(32-21)14-3-8-18(9-4-14)31-26(36)19-10-7-17(28)11-20(19)29/h1-13H,(H,31,36)(H,32,33)(H,30,34,35). The van der Waals surface area contributed by atoms with Crippen molar-refractivity contribution in [3.63, 3.8) is 0 Å². The molecular weight excluding hydrogens is 471 g/mol. The Morgan fingerprint density at radius 2 is 1.50 bits per heavy atom. The zero-order valence-electron chi connectivity index (χ0n) is 18.4. The van der Waals surface area contributed by atoms with E-state index in [1.54, 1.807) is 30.3 Å². The van der Waals surface area contributed by atoms with Crippen LogP contribution in [0.4, 0.5) is 24.7 Å². The minimum atomic E-state index is -0.951. The summed E-state index contributed by atoms with van der Waals surface area (Å²) in [4.78, 5) is 36.5. The van der Waals surface area contributed by atoms with Crippen LogP contribution in [-0.2, 0) is 0 Å². The highest BCUT2D eigenvalue weighted by Gasteiger charge is 2.14. The van der Waals surface area contributed by atoms with Crippen molar-refractivity contribution in [1.82, 2.24) is 15.0 Å². The molecule has 0 aliphatic heterocycles. The van der Waals surface area contributed by atoms with E-state index in [9.17, 15) is 22.8 Å². The third kappa shape index (κ3) is 4.78. The lowest BCUT2D eigenvalue weighted by molar-refractivity contribution is 0.101. The molecule has 2 aromatic heterocycles. The SMILES string of the molecule is O=C(Nc1cc2nc(-c3ccc(NC(=O)c4ccc(F)cc4F)cc3)[nH]c2cn1)c1ccc(F)cc1. The van der Waals surface area contributed by atoms with E-state index in [1.165, 1.54) is 30.5 Å². The summed E-state index contributed by atoms with van der Waals surface area (Å²) in [7, 11) is 0. The number of hydrogen-bond donors (Lipinski definition) is 3. The summed E-state index contributed by atoms with van der Waals surface area (Å²) in [6.45, 7) is 0. The lowest BCUT2D eigenvalue weighted by Crippen LogP contribution is -2.13. The third-order valence-electron chi connectivity index (χ3n) is 5.31. The zero-order chi connectivity index (χ0) is 25.2. The van der Waals surface area contributed by atoms with E-state index >= 15 is 0 Å². The number of nitrogens with one attached hydrogen (secondary N) is 3. The topological polar surface area (TPSA) is 99.8 Å². The fourth-order valence-electron chi connectivity index (χ4n) is 3.49. The molecule has 0 bridgehead atoms. The fourth-order valence-corrected chi connectivity index (χ4v) is 3.49. The average Bonchev–Trinajstić information content (AvgIpc) is 3.28. The number of rotatable bonds is 5. The molecule has 3 N–H and O–H groups in total. The van der Waals surface area contributed by atoms with Gasteiger partial charge in [-0.05, 0) is 60.7 Å². The predicted molar refractivity (Wildman–Crippen MR) is 128 cm³/mol. The van der Waals surface area contributed by atoms with Crippen LogP contribution >= 0.6 is 0 Å². The van der Waals surface area contributed by atoms with Gasteiger partial charge in [0, 0.05) is 28.9 Å². The molecule has 0 radical (unpaired) electrons. The molecule has 7 nitrogen and oxygen atoms in total. The number of aromatic nitrogens is 3. The van der Waals surface area contributed by atoms with Gasteiger partial charge in [-0.25, -0.2) is 23.1 Å². The number of amides is 2. The van der Waals surface area contributed by atoms with E-state index in [-0.39, 0.29) is 16.9 Å². The Hall–Kier alpha value is -4.99. The maximum atomic E-state index is 13.8. The molecule has 0 saturated carbocycles. The minimum absolute atomic E-state index is 0.271. The highest BCUT2D eigenvalue weighted by Crippen LogP contribution is 2.24. The average molecular weight is 487 g/mol. The molecule has 3 aromatic carbocycles. The minimum Gasteiger partial charge on any atom is -0.337 e. The number of carbonyl (C=O) groups is 2. The van der Waals surface area contributed by atoms with Crippen molar-refractivity contribution in [2.45, 2.75) is 0 Å².